The van der Waals surface area contributed by atoms with Crippen molar-refractivity contribution in [2.24, 2.45) is 0 Å². The molecule has 0 unspecified atom stereocenters. The van der Waals surface area contributed by atoms with E-state index in [4.69, 9.17) is 4.74 Å². The fourth-order valence-electron chi connectivity index (χ4n) is 2.28. The summed E-state index contributed by atoms with van der Waals surface area (Å²) in [6.07, 6.45) is -4.69. The SMILES string of the molecule is CNc1cc(CN2CCOCC2)c(C)c(OC(F)(F)F)c1. The zero-order valence-electron chi connectivity index (χ0n) is 12.1. The predicted molar refractivity (Wildman–Crippen MR) is 73.5 cm³/mol. The maximum Gasteiger partial charge on any atom is 0.573 e. The van der Waals surface area contributed by atoms with Gasteiger partial charge in [-0.2, -0.15) is 0 Å². The predicted octanol–water partition coefficient (Wildman–Crippen LogP) is 2.77. The maximum absolute atomic E-state index is 12.5. The maximum atomic E-state index is 12.5. The van der Waals surface area contributed by atoms with Crippen LogP contribution in [0.4, 0.5) is 18.9 Å². The number of ether oxygens (including phenoxy) is 2. The Labute approximate surface area is 121 Å². The first-order valence-electron chi connectivity index (χ1n) is 6.76. The first-order chi connectivity index (χ1) is 9.89. The lowest BCUT2D eigenvalue weighted by Crippen LogP contribution is -2.35. The molecule has 0 aliphatic carbocycles. The average Bonchev–Trinajstić information content (AvgIpc) is 2.42. The molecule has 1 saturated heterocycles. The molecule has 4 nitrogen and oxygen atoms in total. The van der Waals surface area contributed by atoms with E-state index in [1.165, 1.54) is 6.07 Å². The van der Waals surface area contributed by atoms with Crippen molar-refractivity contribution in [1.29, 1.82) is 0 Å². The van der Waals surface area contributed by atoms with Gasteiger partial charge in [0.25, 0.3) is 0 Å². The third kappa shape index (κ3) is 4.50. The van der Waals surface area contributed by atoms with Gasteiger partial charge in [0.1, 0.15) is 5.75 Å². The normalized spacial score (nSPS) is 16.8. The van der Waals surface area contributed by atoms with Crippen LogP contribution in [0.15, 0.2) is 12.1 Å². The molecule has 2 rings (SSSR count). The molecule has 1 fully saturated rings. The van der Waals surface area contributed by atoms with Gasteiger partial charge in [0.15, 0.2) is 0 Å². The minimum Gasteiger partial charge on any atom is -0.405 e. The summed E-state index contributed by atoms with van der Waals surface area (Å²) in [4.78, 5) is 2.16. The van der Waals surface area contributed by atoms with Crippen LogP contribution >= 0.6 is 0 Å². The van der Waals surface area contributed by atoms with Gasteiger partial charge in [-0.3, -0.25) is 4.90 Å². The highest BCUT2D eigenvalue weighted by molar-refractivity contribution is 5.55. The van der Waals surface area contributed by atoms with E-state index < -0.39 is 6.36 Å². The molecule has 1 N–H and O–H groups in total. The molecule has 1 aromatic carbocycles. The minimum absolute atomic E-state index is 0.155. The van der Waals surface area contributed by atoms with Gasteiger partial charge < -0.3 is 14.8 Å². The lowest BCUT2D eigenvalue weighted by Gasteiger charge is -2.27. The van der Waals surface area contributed by atoms with Gasteiger partial charge in [0, 0.05) is 38.4 Å². The van der Waals surface area contributed by atoms with Crippen molar-refractivity contribution < 1.29 is 22.6 Å². The Balaban J connectivity index is 2.24. The van der Waals surface area contributed by atoms with Crippen molar-refractivity contribution in [3.05, 3.63) is 23.3 Å². The Morgan fingerprint density at radius 2 is 1.95 bits per heavy atom. The molecule has 0 amide bonds. The highest BCUT2D eigenvalue weighted by atomic mass is 19.4. The fourth-order valence-corrected chi connectivity index (χ4v) is 2.28. The molecular weight excluding hydrogens is 285 g/mol. The number of morpholine rings is 1. The Bertz CT molecular complexity index is 486. The number of anilines is 1. The van der Waals surface area contributed by atoms with Crippen LogP contribution in [0.1, 0.15) is 11.1 Å². The van der Waals surface area contributed by atoms with E-state index in [2.05, 4.69) is 15.0 Å². The van der Waals surface area contributed by atoms with Gasteiger partial charge >= 0.3 is 6.36 Å². The first-order valence-corrected chi connectivity index (χ1v) is 6.76. The molecule has 1 aromatic rings. The largest absolute Gasteiger partial charge is 0.573 e. The Hall–Kier alpha value is -1.47. The summed E-state index contributed by atoms with van der Waals surface area (Å²) >= 11 is 0. The van der Waals surface area contributed by atoms with Crippen molar-refractivity contribution >= 4 is 5.69 Å². The standard InChI is InChI=1S/C14H19F3N2O2/c1-10-11(9-19-3-5-20-6-4-19)7-12(18-2)8-13(10)21-14(15,16)17/h7-8,18H,3-6,9H2,1-2H3. The molecule has 0 aromatic heterocycles. The zero-order chi connectivity index (χ0) is 15.5. The van der Waals surface area contributed by atoms with Crippen molar-refractivity contribution in [2.45, 2.75) is 19.8 Å². The van der Waals surface area contributed by atoms with Gasteiger partial charge in [-0.25, -0.2) is 0 Å². The Kier molecular flexibility index (Phi) is 4.95. The smallest absolute Gasteiger partial charge is 0.405 e. The number of nitrogens with zero attached hydrogens (tertiary/aromatic N) is 1. The first kappa shape index (κ1) is 15.9. The second kappa shape index (κ2) is 6.53. The molecule has 1 heterocycles. The van der Waals surface area contributed by atoms with Crippen LogP contribution in [0.2, 0.25) is 0 Å². The van der Waals surface area contributed by atoms with Crippen molar-refractivity contribution in [3.63, 3.8) is 0 Å². The third-order valence-electron chi connectivity index (χ3n) is 3.48. The number of hydrogen-bond donors (Lipinski definition) is 1. The van der Waals surface area contributed by atoms with E-state index in [1.807, 2.05) is 6.07 Å². The highest BCUT2D eigenvalue weighted by Gasteiger charge is 2.32. The van der Waals surface area contributed by atoms with Crippen molar-refractivity contribution in [2.75, 3.05) is 38.7 Å². The molecule has 0 radical (unpaired) electrons. The number of benzene rings is 1. The summed E-state index contributed by atoms with van der Waals surface area (Å²) < 4.78 is 46.8. The number of rotatable bonds is 4. The average molecular weight is 304 g/mol. The highest BCUT2D eigenvalue weighted by Crippen LogP contribution is 2.32. The quantitative estimate of drug-likeness (QED) is 0.927. The van der Waals surface area contributed by atoms with Gasteiger partial charge in [-0.1, -0.05) is 0 Å². The van der Waals surface area contributed by atoms with Gasteiger partial charge in [0.2, 0.25) is 0 Å². The van der Waals surface area contributed by atoms with E-state index in [0.29, 0.717) is 31.0 Å². The summed E-state index contributed by atoms with van der Waals surface area (Å²) in [5.74, 6) is -0.155. The molecule has 0 saturated carbocycles. The van der Waals surface area contributed by atoms with Crippen LogP contribution < -0.4 is 10.1 Å². The minimum atomic E-state index is -4.69. The summed E-state index contributed by atoms with van der Waals surface area (Å²) in [6.45, 7) is 5.08. The van der Waals surface area contributed by atoms with Crippen LogP contribution in [0, 0.1) is 6.92 Å². The monoisotopic (exact) mass is 304 g/mol. The number of halogens is 3. The van der Waals surface area contributed by atoms with Crippen LogP contribution in [0.3, 0.4) is 0 Å². The second-order valence-corrected chi connectivity index (χ2v) is 4.94. The molecule has 21 heavy (non-hydrogen) atoms. The van der Waals surface area contributed by atoms with Crippen LogP contribution in [-0.4, -0.2) is 44.6 Å². The fraction of sp³-hybridized carbons (Fsp3) is 0.571. The molecule has 0 spiro atoms. The van der Waals surface area contributed by atoms with Gasteiger partial charge in [-0.05, 0) is 24.1 Å². The summed E-state index contributed by atoms with van der Waals surface area (Å²) in [5, 5.41) is 2.87. The molecular formula is C14H19F3N2O2. The van der Waals surface area contributed by atoms with Crippen LogP contribution in [0.5, 0.6) is 5.75 Å². The van der Waals surface area contributed by atoms with Gasteiger partial charge in [0.05, 0.1) is 13.2 Å². The van der Waals surface area contributed by atoms with Crippen LogP contribution in [0.25, 0.3) is 0 Å². The molecule has 1 aliphatic rings. The van der Waals surface area contributed by atoms with Gasteiger partial charge in [-0.15, -0.1) is 13.2 Å². The Morgan fingerprint density at radius 1 is 1.29 bits per heavy atom. The molecule has 118 valence electrons. The zero-order valence-corrected chi connectivity index (χ0v) is 12.1. The lowest BCUT2D eigenvalue weighted by molar-refractivity contribution is -0.274. The second-order valence-electron chi connectivity index (χ2n) is 4.94. The van der Waals surface area contributed by atoms with E-state index in [9.17, 15) is 13.2 Å². The van der Waals surface area contributed by atoms with Crippen molar-refractivity contribution in [3.8, 4) is 5.75 Å². The van der Waals surface area contributed by atoms with E-state index in [0.717, 1.165) is 18.7 Å². The van der Waals surface area contributed by atoms with Crippen molar-refractivity contribution in [1.82, 2.24) is 4.90 Å². The summed E-state index contributed by atoms with van der Waals surface area (Å²) in [5.41, 5.74) is 1.93. The van der Waals surface area contributed by atoms with E-state index >= 15 is 0 Å². The number of nitrogens with one attached hydrogen (secondary N) is 1. The third-order valence-corrected chi connectivity index (χ3v) is 3.48. The Morgan fingerprint density at radius 3 is 2.52 bits per heavy atom. The molecule has 0 bridgehead atoms. The topological polar surface area (TPSA) is 33.7 Å². The van der Waals surface area contributed by atoms with E-state index in [1.54, 1.807) is 14.0 Å². The van der Waals surface area contributed by atoms with E-state index in [-0.39, 0.29) is 5.75 Å². The number of alkyl halides is 3. The molecule has 1 aliphatic heterocycles. The van der Waals surface area contributed by atoms with Crippen LogP contribution in [-0.2, 0) is 11.3 Å². The summed E-state index contributed by atoms with van der Waals surface area (Å²) in [7, 11) is 1.67. The molecule has 7 heteroatoms. The molecule has 0 atom stereocenters. The summed E-state index contributed by atoms with van der Waals surface area (Å²) in [6, 6.07) is 3.22. The number of hydrogen-bond acceptors (Lipinski definition) is 4. The lowest BCUT2D eigenvalue weighted by atomic mass is 10.1.